The number of anilines is 1. The number of amides is 2. The maximum Gasteiger partial charge on any atom is 0.238 e. The van der Waals surface area contributed by atoms with Crippen molar-refractivity contribution >= 4 is 29.1 Å². The number of carbonyl (C=O) groups is 2. The summed E-state index contributed by atoms with van der Waals surface area (Å²) in [5.41, 5.74) is 0.820. The fraction of sp³-hybridized carbons (Fsp3) is 0.364. The number of hydrogen-bond donors (Lipinski definition) is 2. The lowest BCUT2D eigenvalue weighted by Gasteiger charge is -2.34. The van der Waals surface area contributed by atoms with Crippen molar-refractivity contribution in [3.63, 3.8) is 0 Å². The van der Waals surface area contributed by atoms with Crippen LogP contribution in [0, 0.1) is 11.6 Å². The molecule has 1 atom stereocenters. The molecule has 0 bridgehead atoms. The lowest BCUT2D eigenvalue weighted by atomic mass is 10.1. The summed E-state index contributed by atoms with van der Waals surface area (Å²) < 4.78 is 26.9. The number of halogens is 3. The molecule has 6 nitrogen and oxygen atoms in total. The van der Waals surface area contributed by atoms with Crippen LogP contribution in [0.5, 0.6) is 0 Å². The fourth-order valence-corrected chi connectivity index (χ4v) is 3.66. The molecule has 0 aromatic heterocycles. The molecule has 3 rings (SSSR count). The van der Waals surface area contributed by atoms with Gasteiger partial charge in [0.1, 0.15) is 11.6 Å². The van der Waals surface area contributed by atoms with Gasteiger partial charge in [0.15, 0.2) is 0 Å². The van der Waals surface area contributed by atoms with E-state index < -0.39 is 17.7 Å². The normalized spacial score (nSPS) is 16.0. The standard InChI is InChI=1S/C22H25ClF2N4O2/c1-15(17-7-6-16(24)12-19(17)25)26-21(30)13-28-8-10-29(11-9-28)14-22(31)27-20-5-3-2-4-18(20)23/h2-7,12,15H,8-11,13-14H2,1H3,(H,26,30)(H,27,31)/t15-/m1/s1. The summed E-state index contributed by atoms with van der Waals surface area (Å²) in [7, 11) is 0. The van der Waals surface area contributed by atoms with Gasteiger partial charge in [0.2, 0.25) is 11.8 Å². The zero-order valence-electron chi connectivity index (χ0n) is 17.2. The van der Waals surface area contributed by atoms with Crippen molar-refractivity contribution in [3.05, 3.63) is 64.7 Å². The van der Waals surface area contributed by atoms with Crippen molar-refractivity contribution < 1.29 is 18.4 Å². The van der Waals surface area contributed by atoms with Crippen LogP contribution >= 0.6 is 11.6 Å². The number of hydrogen-bond acceptors (Lipinski definition) is 4. The van der Waals surface area contributed by atoms with Crippen molar-refractivity contribution in [3.8, 4) is 0 Å². The van der Waals surface area contributed by atoms with Crippen LogP contribution in [0.4, 0.5) is 14.5 Å². The van der Waals surface area contributed by atoms with Gasteiger partial charge in [-0.3, -0.25) is 19.4 Å². The van der Waals surface area contributed by atoms with E-state index in [1.54, 1.807) is 31.2 Å². The smallest absolute Gasteiger partial charge is 0.238 e. The third-order valence-corrected chi connectivity index (χ3v) is 5.48. The van der Waals surface area contributed by atoms with Gasteiger partial charge in [-0.1, -0.05) is 29.8 Å². The first-order valence-electron chi connectivity index (χ1n) is 10.0. The van der Waals surface area contributed by atoms with Crippen molar-refractivity contribution in [2.24, 2.45) is 0 Å². The average Bonchev–Trinajstić information content (AvgIpc) is 2.71. The van der Waals surface area contributed by atoms with Gasteiger partial charge in [-0.25, -0.2) is 8.78 Å². The van der Waals surface area contributed by atoms with Crippen LogP contribution in [0.15, 0.2) is 42.5 Å². The van der Waals surface area contributed by atoms with E-state index in [0.29, 0.717) is 36.9 Å². The van der Waals surface area contributed by atoms with Crippen molar-refractivity contribution in [2.75, 3.05) is 44.6 Å². The third kappa shape index (κ3) is 6.72. The number of nitrogens with one attached hydrogen (secondary N) is 2. The number of para-hydroxylation sites is 1. The van der Waals surface area contributed by atoms with Crippen LogP contribution in [-0.4, -0.2) is 60.9 Å². The number of rotatable bonds is 7. The Kier molecular flexibility index (Phi) is 7.95. The molecule has 1 heterocycles. The summed E-state index contributed by atoms with van der Waals surface area (Å²) in [6.45, 7) is 4.62. The Morgan fingerprint density at radius 1 is 1.00 bits per heavy atom. The molecule has 0 unspecified atom stereocenters. The van der Waals surface area contributed by atoms with Gasteiger partial charge in [-0.05, 0) is 25.1 Å². The zero-order valence-corrected chi connectivity index (χ0v) is 18.0. The van der Waals surface area contributed by atoms with Gasteiger partial charge in [0.25, 0.3) is 0 Å². The number of benzene rings is 2. The highest BCUT2D eigenvalue weighted by Crippen LogP contribution is 2.20. The molecule has 166 valence electrons. The van der Waals surface area contributed by atoms with Crippen LogP contribution in [-0.2, 0) is 9.59 Å². The predicted molar refractivity (Wildman–Crippen MR) is 116 cm³/mol. The Hall–Kier alpha value is -2.55. The summed E-state index contributed by atoms with van der Waals surface area (Å²) in [6.07, 6.45) is 0. The van der Waals surface area contributed by atoms with Gasteiger partial charge in [-0.2, -0.15) is 0 Å². The second-order valence-electron chi connectivity index (χ2n) is 7.54. The summed E-state index contributed by atoms with van der Waals surface area (Å²) in [5, 5.41) is 6.04. The molecule has 0 radical (unpaired) electrons. The van der Waals surface area contributed by atoms with E-state index in [1.165, 1.54) is 12.1 Å². The van der Waals surface area contributed by atoms with E-state index in [4.69, 9.17) is 11.6 Å². The molecule has 31 heavy (non-hydrogen) atoms. The maximum absolute atomic E-state index is 13.9. The second kappa shape index (κ2) is 10.7. The highest BCUT2D eigenvalue weighted by Gasteiger charge is 2.22. The molecule has 0 aliphatic carbocycles. The minimum absolute atomic E-state index is 0.144. The molecule has 1 fully saturated rings. The molecule has 2 aromatic carbocycles. The van der Waals surface area contributed by atoms with E-state index in [-0.39, 0.29) is 30.5 Å². The average molecular weight is 451 g/mol. The molecule has 2 amide bonds. The topological polar surface area (TPSA) is 64.7 Å². The molecule has 1 aliphatic heterocycles. The van der Waals surface area contributed by atoms with E-state index >= 15 is 0 Å². The fourth-order valence-electron chi connectivity index (χ4n) is 3.48. The minimum atomic E-state index is -0.684. The first-order valence-corrected chi connectivity index (χ1v) is 10.4. The molecule has 1 aliphatic rings. The van der Waals surface area contributed by atoms with Crippen LogP contribution in [0.25, 0.3) is 0 Å². The van der Waals surface area contributed by atoms with Gasteiger partial charge < -0.3 is 10.6 Å². The largest absolute Gasteiger partial charge is 0.348 e. The first-order chi connectivity index (χ1) is 14.8. The molecule has 2 N–H and O–H groups in total. The third-order valence-electron chi connectivity index (χ3n) is 5.15. The summed E-state index contributed by atoms with van der Waals surface area (Å²) >= 11 is 6.06. The lowest BCUT2D eigenvalue weighted by Crippen LogP contribution is -2.51. The van der Waals surface area contributed by atoms with E-state index in [0.717, 1.165) is 6.07 Å². The van der Waals surface area contributed by atoms with Crippen LogP contribution < -0.4 is 10.6 Å². The summed E-state index contributed by atoms with van der Waals surface area (Å²) in [4.78, 5) is 28.6. The maximum atomic E-state index is 13.9. The Balaban J connectivity index is 1.40. The highest BCUT2D eigenvalue weighted by molar-refractivity contribution is 6.33. The summed E-state index contributed by atoms with van der Waals surface area (Å²) in [5.74, 6) is -1.72. The quantitative estimate of drug-likeness (QED) is 0.680. The Bertz CT molecular complexity index is 935. The number of piperazine rings is 1. The van der Waals surface area contributed by atoms with Gasteiger partial charge in [-0.15, -0.1) is 0 Å². The van der Waals surface area contributed by atoms with Crippen LogP contribution in [0.3, 0.4) is 0 Å². The van der Waals surface area contributed by atoms with Crippen LogP contribution in [0.2, 0.25) is 5.02 Å². The molecule has 9 heteroatoms. The second-order valence-corrected chi connectivity index (χ2v) is 7.94. The zero-order chi connectivity index (χ0) is 22.4. The molecule has 0 saturated carbocycles. The van der Waals surface area contributed by atoms with Gasteiger partial charge >= 0.3 is 0 Å². The van der Waals surface area contributed by atoms with Crippen molar-refractivity contribution in [2.45, 2.75) is 13.0 Å². The molecule has 2 aromatic rings. The number of nitrogens with zero attached hydrogens (tertiary/aromatic N) is 2. The highest BCUT2D eigenvalue weighted by atomic mass is 35.5. The van der Waals surface area contributed by atoms with Crippen molar-refractivity contribution in [1.29, 1.82) is 0 Å². The monoisotopic (exact) mass is 450 g/mol. The van der Waals surface area contributed by atoms with E-state index in [2.05, 4.69) is 10.6 Å². The van der Waals surface area contributed by atoms with Crippen LogP contribution in [0.1, 0.15) is 18.5 Å². The van der Waals surface area contributed by atoms with E-state index in [9.17, 15) is 18.4 Å². The molecular formula is C22H25ClF2N4O2. The Labute approximate surface area is 185 Å². The van der Waals surface area contributed by atoms with Crippen molar-refractivity contribution in [1.82, 2.24) is 15.1 Å². The predicted octanol–water partition coefficient (Wildman–Crippen LogP) is 3.05. The lowest BCUT2D eigenvalue weighted by molar-refractivity contribution is -0.124. The number of carbonyl (C=O) groups excluding carboxylic acids is 2. The van der Waals surface area contributed by atoms with Gasteiger partial charge in [0, 0.05) is 37.8 Å². The Morgan fingerprint density at radius 3 is 2.23 bits per heavy atom. The molecule has 0 spiro atoms. The summed E-state index contributed by atoms with van der Waals surface area (Å²) in [6, 6.07) is 9.80. The SMILES string of the molecule is C[C@@H](NC(=O)CN1CCN(CC(=O)Nc2ccccc2Cl)CC1)c1ccc(F)cc1F. The molecule has 1 saturated heterocycles. The Morgan fingerprint density at radius 2 is 1.61 bits per heavy atom. The van der Waals surface area contributed by atoms with E-state index in [1.807, 2.05) is 9.80 Å². The first kappa shape index (κ1) is 23.1. The minimum Gasteiger partial charge on any atom is -0.348 e. The van der Waals surface area contributed by atoms with Gasteiger partial charge in [0.05, 0.1) is 29.8 Å². The molecular weight excluding hydrogens is 426 g/mol.